The lowest BCUT2D eigenvalue weighted by atomic mass is 10.4. The molecule has 0 aliphatic carbocycles. The molecule has 0 bridgehead atoms. The molecule has 6 nitrogen and oxygen atoms in total. The third-order valence-electron chi connectivity index (χ3n) is 1.50. The molecule has 0 aliphatic heterocycles. The maximum atomic E-state index is 11.5. The topological polar surface area (TPSA) is 80.7 Å². The number of nitrogens with zero attached hydrogens (tertiary/aromatic N) is 4. The van der Waals surface area contributed by atoms with E-state index in [4.69, 9.17) is 23.2 Å². The minimum absolute atomic E-state index is 0.0424. The van der Waals surface area contributed by atoms with Gasteiger partial charge in [0.05, 0.1) is 0 Å². The molecule has 0 aromatic carbocycles. The second-order valence-electron chi connectivity index (χ2n) is 2.59. The Labute approximate surface area is 104 Å². The van der Waals surface area contributed by atoms with E-state index in [0.717, 1.165) is 11.5 Å². The fourth-order valence-electron chi connectivity index (χ4n) is 0.898. The van der Waals surface area contributed by atoms with E-state index in [-0.39, 0.29) is 21.9 Å². The second kappa shape index (κ2) is 4.69. The highest BCUT2D eigenvalue weighted by molar-refractivity contribution is 7.03. The van der Waals surface area contributed by atoms with Crippen LogP contribution in [0, 0.1) is 0 Å². The standard InChI is InChI=1S/C7H3Cl2N5OS/c8-4-1-5(12-7(9)10-4)11-6(15)3-2-16-14-13-3/h1-2H,(H,10,11,12,15). The average molecular weight is 276 g/mol. The molecule has 1 N–H and O–H groups in total. The quantitative estimate of drug-likeness (QED) is 0.669. The highest BCUT2D eigenvalue weighted by Gasteiger charge is 2.10. The van der Waals surface area contributed by atoms with Gasteiger partial charge in [-0.05, 0) is 23.1 Å². The van der Waals surface area contributed by atoms with E-state index < -0.39 is 5.91 Å². The van der Waals surface area contributed by atoms with Crippen LogP contribution in [0.1, 0.15) is 10.5 Å². The molecule has 2 aromatic rings. The van der Waals surface area contributed by atoms with Crippen molar-refractivity contribution in [1.29, 1.82) is 0 Å². The lowest BCUT2D eigenvalue weighted by Gasteiger charge is -2.02. The summed E-state index contributed by atoms with van der Waals surface area (Å²) in [6, 6.07) is 1.38. The molecule has 9 heteroatoms. The summed E-state index contributed by atoms with van der Waals surface area (Å²) in [5, 5.41) is 7.69. The number of hydrogen-bond acceptors (Lipinski definition) is 6. The van der Waals surface area contributed by atoms with E-state index >= 15 is 0 Å². The Morgan fingerprint density at radius 1 is 1.38 bits per heavy atom. The zero-order chi connectivity index (χ0) is 11.5. The fraction of sp³-hybridized carbons (Fsp3) is 0. The van der Waals surface area contributed by atoms with Crippen molar-refractivity contribution in [3.8, 4) is 0 Å². The first kappa shape index (κ1) is 11.2. The first-order chi connectivity index (χ1) is 7.65. The molecular formula is C7H3Cl2N5OS. The molecule has 2 rings (SSSR count). The molecule has 82 valence electrons. The highest BCUT2D eigenvalue weighted by atomic mass is 35.5. The van der Waals surface area contributed by atoms with Crippen molar-refractivity contribution in [2.45, 2.75) is 0 Å². The molecule has 2 aromatic heterocycles. The van der Waals surface area contributed by atoms with Gasteiger partial charge in [0, 0.05) is 11.4 Å². The maximum Gasteiger partial charge on any atom is 0.278 e. The summed E-state index contributed by atoms with van der Waals surface area (Å²) in [4.78, 5) is 19.0. The van der Waals surface area contributed by atoms with Crippen LogP contribution in [0.4, 0.5) is 5.82 Å². The van der Waals surface area contributed by atoms with Gasteiger partial charge >= 0.3 is 0 Å². The minimum atomic E-state index is -0.431. The van der Waals surface area contributed by atoms with Crippen molar-refractivity contribution in [2.24, 2.45) is 0 Å². The molecule has 0 spiro atoms. The zero-order valence-electron chi connectivity index (χ0n) is 7.52. The number of nitrogens with one attached hydrogen (secondary N) is 1. The normalized spacial score (nSPS) is 10.1. The van der Waals surface area contributed by atoms with Crippen molar-refractivity contribution in [1.82, 2.24) is 19.6 Å². The van der Waals surface area contributed by atoms with Crippen LogP contribution in [0.2, 0.25) is 10.4 Å². The lowest BCUT2D eigenvalue weighted by Crippen LogP contribution is -2.13. The number of aromatic nitrogens is 4. The van der Waals surface area contributed by atoms with Crippen molar-refractivity contribution in [2.75, 3.05) is 5.32 Å². The van der Waals surface area contributed by atoms with Gasteiger partial charge in [-0.25, -0.2) is 9.97 Å². The molecule has 0 saturated carbocycles. The van der Waals surface area contributed by atoms with Crippen molar-refractivity contribution >= 4 is 46.5 Å². The Bertz CT molecular complexity index is 497. The van der Waals surface area contributed by atoms with Gasteiger partial charge in [-0.2, -0.15) is 0 Å². The van der Waals surface area contributed by atoms with Crippen LogP contribution in [0.3, 0.4) is 0 Å². The molecule has 1 amide bonds. The van der Waals surface area contributed by atoms with Gasteiger partial charge in [-0.3, -0.25) is 4.79 Å². The lowest BCUT2D eigenvalue weighted by molar-refractivity contribution is 0.102. The Morgan fingerprint density at radius 3 is 2.81 bits per heavy atom. The molecule has 0 radical (unpaired) electrons. The number of amides is 1. The van der Waals surface area contributed by atoms with Crippen LogP contribution >= 0.6 is 34.7 Å². The van der Waals surface area contributed by atoms with Crippen LogP contribution < -0.4 is 5.32 Å². The van der Waals surface area contributed by atoms with E-state index in [9.17, 15) is 4.79 Å². The largest absolute Gasteiger partial charge is 0.305 e. The number of hydrogen-bond donors (Lipinski definition) is 1. The van der Waals surface area contributed by atoms with Gasteiger partial charge < -0.3 is 5.32 Å². The molecule has 0 atom stereocenters. The number of anilines is 1. The molecule has 16 heavy (non-hydrogen) atoms. The van der Waals surface area contributed by atoms with Gasteiger partial charge in [-0.1, -0.05) is 16.1 Å². The predicted octanol–water partition coefficient (Wildman–Crippen LogP) is 1.89. The summed E-state index contributed by atoms with van der Waals surface area (Å²) in [7, 11) is 0. The Morgan fingerprint density at radius 2 is 2.19 bits per heavy atom. The summed E-state index contributed by atoms with van der Waals surface area (Å²) in [6.45, 7) is 0. The van der Waals surface area contributed by atoms with Crippen LogP contribution in [0.25, 0.3) is 0 Å². The molecule has 0 unspecified atom stereocenters. The Balaban J connectivity index is 2.18. The van der Waals surface area contributed by atoms with Gasteiger partial charge in [-0.15, -0.1) is 5.10 Å². The van der Waals surface area contributed by atoms with Crippen LogP contribution in [-0.2, 0) is 0 Å². The first-order valence-electron chi connectivity index (χ1n) is 3.93. The number of carbonyl (C=O) groups is 1. The van der Waals surface area contributed by atoms with E-state index in [1.807, 2.05) is 0 Å². The average Bonchev–Trinajstić information content (AvgIpc) is 2.68. The van der Waals surface area contributed by atoms with E-state index in [2.05, 4.69) is 24.9 Å². The van der Waals surface area contributed by atoms with Gasteiger partial charge in [0.2, 0.25) is 5.28 Å². The van der Waals surface area contributed by atoms with Crippen LogP contribution in [-0.4, -0.2) is 25.5 Å². The summed E-state index contributed by atoms with van der Waals surface area (Å²) >= 11 is 12.3. The van der Waals surface area contributed by atoms with Crippen molar-refractivity contribution in [3.63, 3.8) is 0 Å². The monoisotopic (exact) mass is 275 g/mol. The maximum absolute atomic E-state index is 11.5. The van der Waals surface area contributed by atoms with E-state index in [0.29, 0.717) is 0 Å². The summed E-state index contributed by atoms with van der Waals surface area (Å²) in [5.41, 5.74) is 0.204. The second-order valence-corrected chi connectivity index (χ2v) is 3.92. The highest BCUT2D eigenvalue weighted by Crippen LogP contribution is 2.14. The predicted molar refractivity (Wildman–Crippen MR) is 59.9 cm³/mol. The molecular weight excluding hydrogens is 273 g/mol. The number of rotatable bonds is 2. The van der Waals surface area contributed by atoms with Crippen LogP contribution in [0.5, 0.6) is 0 Å². The smallest absolute Gasteiger partial charge is 0.278 e. The summed E-state index contributed by atoms with van der Waals surface area (Å²) in [6.07, 6.45) is 0. The number of halogens is 2. The van der Waals surface area contributed by atoms with E-state index in [1.165, 1.54) is 11.4 Å². The van der Waals surface area contributed by atoms with E-state index in [1.54, 1.807) is 0 Å². The Kier molecular flexibility index (Phi) is 3.28. The third kappa shape index (κ3) is 2.63. The van der Waals surface area contributed by atoms with Gasteiger partial charge in [0.1, 0.15) is 11.0 Å². The number of carbonyl (C=O) groups excluding carboxylic acids is 1. The van der Waals surface area contributed by atoms with Gasteiger partial charge in [0.15, 0.2) is 5.69 Å². The molecule has 0 fully saturated rings. The first-order valence-corrected chi connectivity index (χ1v) is 5.53. The SMILES string of the molecule is O=C(Nc1cc(Cl)nc(Cl)n1)c1csnn1. The minimum Gasteiger partial charge on any atom is -0.305 e. The Hall–Kier alpha value is -1.31. The molecule has 0 aliphatic rings. The molecule has 0 saturated heterocycles. The summed E-state index contributed by atoms with van der Waals surface area (Å²) < 4.78 is 3.57. The zero-order valence-corrected chi connectivity index (χ0v) is 9.84. The fourth-order valence-corrected chi connectivity index (χ4v) is 1.74. The molecule has 2 heterocycles. The van der Waals surface area contributed by atoms with Crippen molar-refractivity contribution < 1.29 is 4.79 Å². The summed E-state index contributed by atoms with van der Waals surface area (Å²) in [5.74, 6) is -0.220. The van der Waals surface area contributed by atoms with Gasteiger partial charge in [0.25, 0.3) is 5.91 Å². The third-order valence-corrected chi connectivity index (χ3v) is 2.37. The van der Waals surface area contributed by atoms with Crippen LogP contribution in [0.15, 0.2) is 11.4 Å². The van der Waals surface area contributed by atoms with Crippen molar-refractivity contribution in [3.05, 3.63) is 27.6 Å².